The molecule has 1 aromatic heterocycles. The highest BCUT2D eigenvalue weighted by Crippen LogP contribution is 2.53. The largest absolute Gasteiger partial charge is 0.474 e. The number of nitrogens with two attached hydrogens (primary N) is 1. The molecule has 4 bridgehead atoms. The maximum atomic E-state index is 13.3. The highest BCUT2D eigenvalue weighted by atomic mass is 35.5. The van der Waals surface area contributed by atoms with Crippen LogP contribution < -0.4 is 21.1 Å². The van der Waals surface area contributed by atoms with Crippen molar-refractivity contribution in [1.29, 1.82) is 0 Å². The zero-order chi connectivity index (χ0) is 23.2. The molecule has 190 valence electrons. The van der Waals surface area contributed by atoms with Crippen molar-refractivity contribution in [3.05, 3.63) is 5.76 Å². The molecule has 4 N–H and O–H groups in total. The van der Waals surface area contributed by atoms with Crippen LogP contribution in [-0.4, -0.2) is 48.0 Å². The molecule has 8 nitrogen and oxygen atoms in total. The molecule has 10 heteroatoms. The van der Waals surface area contributed by atoms with E-state index in [0.29, 0.717) is 29.6 Å². The van der Waals surface area contributed by atoms with Crippen LogP contribution in [0.15, 0.2) is 9.42 Å². The van der Waals surface area contributed by atoms with Gasteiger partial charge < -0.3 is 25.6 Å². The topological polar surface area (TPSA) is 119 Å². The normalized spacial score (nSPS) is 31.2. The fraction of sp³-hybridized carbons (Fsp3) is 0.792. The minimum absolute atomic E-state index is 0. The number of primary amides is 1. The third-order valence-electron chi connectivity index (χ3n) is 8.27. The Morgan fingerprint density at radius 1 is 1.18 bits per heavy atom. The van der Waals surface area contributed by atoms with Gasteiger partial charge in [-0.2, -0.15) is 0 Å². The van der Waals surface area contributed by atoms with E-state index < -0.39 is 5.41 Å². The van der Waals surface area contributed by atoms with E-state index in [1.165, 1.54) is 43.9 Å². The molecule has 4 saturated carbocycles. The van der Waals surface area contributed by atoms with Crippen LogP contribution in [0.4, 0.5) is 0 Å². The number of halogens is 1. The summed E-state index contributed by atoms with van der Waals surface area (Å²) in [7, 11) is 0. The Morgan fingerprint density at radius 3 is 2.35 bits per heavy atom. The molecule has 1 aliphatic heterocycles. The molecule has 1 aromatic rings. The van der Waals surface area contributed by atoms with Gasteiger partial charge in [-0.15, -0.1) is 24.2 Å². The molecule has 6 rings (SSSR count). The molecular weight excluding hydrogens is 476 g/mol. The Morgan fingerprint density at radius 2 is 1.79 bits per heavy atom. The number of hydrogen-bond acceptors (Lipinski definition) is 7. The quantitative estimate of drug-likeness (QED) is 0.457. The van der Waals surface area contributed by atoms with E-state index in [9.17, 15) is 9.59 Å². The molecule has 0 spiro atoms. The second kappa shape index (κ2) is 10.3. The fourth-order valence-corrected chi connectivity index (χ4v) is 7.70. The van der Waals surface area contributed by atoms with Gasteiger partial charge in [0.2, 0.25) is 11.7 Å². The molecule has 2 amide bonds. The Kier molecular flexibility index (Phi) is 7.74. The van der Waals surface area contributed by atoms with Gasteiger partial charge in [0.25, 0.3) is 11.8 Å². The molecule has 34 heavy (non-hydrogen) atoms. The molecule has 1 saturated heterocycles. The van der Waals surface area contributed by atoms with E-state index in [0.717, 1.165) is 24.9 Å². The monoisotopic (exact) mass is 512 g/mol. The maximum Gasteiger partial charge on any atom is 0.291 e. The van der Waals surface area contributed by atoms with Crippen LogP contribution in [0, 0.1) is 29.1 Å². The van der Waals surface area contributed by atoms with E-state index in [4.69, 9.17) is 15.0 Å². The number of hydrogen-bond donors (Lipinski definition) is 3. The second-order valence-corrected chi connectivity index (χ2v) is 12.5. The lowest BCUT2D eigenvalue weighted by molar-refractivity contribution is -0.131. The zero-order valence-electron chi connectivity index (χ0n) is 20.0. The predicted octanol–water partition coefficient (Wildman–Crippen LogP) is 3.39. The molecule has 0 unspecified atom stereocenters. The van der Waals surface area contributed by atoms with Gasteiger partial charge in [0.15, 0.2) is 0 Å². The first-order valence-electron chi connectivity index (χ1n) is 12.5. The zero-order valence-corrected chi connectivity index (χ0v) is 21.6. The van der Waals surface area contributed by atoms with Crippen LogP contribution in [0.3, 0.4) is 0 Å². The minimum atomic E-state index is -0.729. The van der Waals surface area contributed by atoms with Crippen molar-refractivity contribution in [3.8, 4) is 5.88 Å². The summed E-state index contributed by atoms with van der Waals surface area (Å²) in [5.41, 5.74) is 5.01. The number of nitrogens with one attached hydrogen (secondary N) is 2. The van der Waals surface area contributed by atoms with Gasteiger partial charge in [0.05, 0.1) is 5.41 Å². The minimum Gasteiger partial charge on any atom is -0.474 e. The highest BCUT2D eigenvalue weighted by molar-refractivity contribution is 8.00. The van der Waals surface area contributed by atoms with Gasteiger partial charge in [-0.25, -0.2) is 0 Å². The Hall–Kier alpha value is -1.45. The molecule has 4 aliphatic carbocycles. The number of rotatable bonds is 8. The first-order chi connectivity index (χ1) is 15.8. The third kappa shape index (κ3) is 4.93. The van der Waals surface area contributed by atoms with Gasteiger partial charge in [-0.05, 0) is 86.9 Å². The van der Waals surface area contributed by atoms with E-state index in [2.05, 4.69) is 29.6 Å². The van der Waals surface area contributed by atoms with Crippen LogP contribution >= 0.6 is 24.2 Å². The number of carbonyl (C=O) groups is 2. The van der Waals surface area contributed by atoms with Crippen LogP contribution in [0.5, 0.6) is 5.88 Å². The molecule has 2 heterocycles. The van der Waals surface area contributed by atoms with E-state index in [1.807, 2.05) is 0 Å². The Balaban J connectivity index is 0.00000274. The van der Waals surface area contributed by atoms with Gasteiger partial charge >= 0.3 is 0 Å². The highest BCUT2D eigenvalue weighted by Gasteiger charge is 2.49. The Labute approximate surface area is 211 Å². The Bertz CT molecular complexity index is 874. The fourth-order valence-electron chi connectivity index (χ4n) is 6.79. The molecule has 0 aromatic carbocycles. The molecule has 5 aliphatic rings. The van der Waals surface area contributed by atoms with Crippen molar-refractivity contribution in [3.63, 3.8) is 0 Å². The second-order valence-electron chi connectivity index (χ2n) is 10.9. The van der Waals surface area contributed by atoms with Crippen molar-refractivity contribution in [2.45, 2.75) is 75.0 Å². The third-order valence-corrected chi connectivity index (χ3v) is 9.34. The SMILES string of the molecule is CC(C)Sc1c(OCC2(C(N)=O)CCNCC2)noc1C(=O)NC1C2CC3CC(C2)CC1C3.Cl. The predicted molar refractivity (Wildman–Crippen MR) is 132 cm³/mol. The van der Waals surface area contributed by atoms with Gasteiger partial charge in [0, 0.05) is 11.3 Å². The number of ether oxygens (including phenoxy) is 1. The molecule has 5 fully saturated rings. The van der Waals surface area contributed by atoms with Crippen molar-refractivity contribution in [1.82, 2.24) is 15.8 Å². The van der Waals surface area contributed by atoms with Crippen molar-refractivity contribution in [2.75, 3.05) is 19.7 Å². The van der Waals surface area contributed by atoms with Crippen molar-refractivity contribution in [2.24, 2.45) is 34.8 Å². The first-order valence-corrected chi connectivity index (χ1v) is 13.3. The van der Waals surface area contributed by atoms with Crippen molar-refractivity contribution >= 4 is 36.0 Å². The van der Waals surface area contributed by atoms with Gasteiger partial charge in [-0.3, -0.25) is 9.59 Å². The number of piperidine rings is 1. The number of carbonyl (C=O) groups excluding carboxylic acids is 2. The summed E-state index contributed by atoms with van der Waals surface area (Å²) in [6.45, 7) is 5.69. The summed E-state index contributed by atoms with van der Waals surface area (Å²) in [4.78, 5) is 26.2. The average Bonchev–Trinajstić information content (AvgIpc) is 3.16. The summed E-state index contributed by atoms with van der Waals surface area (Å²) in [5, 5.41) is 10.9. The summed E-state index contributed by atoms with van der Waals surface area (Å²) >= 11 is 1.50. The molecule has 0 radical (unpaired) electrons. The molecular formula is C24H37ClN4O4S. The van der Waals surface area contributed by atoms with Crippen molar-refractivity contribution < 1.29 is 18.8 Å². The van der Waals surface area contributed by atoms with Crippen LogP contribution in [0.1, 0.15) is 69.3 Å². The van der Waals surface area contributed by atoms with Crippen LogP contribution in [0.25, 0.3) is 0 Å². The summed E-state index contributed by atoms with van der Waals surface area (Å²) in [6.07, 6.45) is 7.56. The van der Waals surface area contributed by atoms with E-state index >= 15 is 0 Å². The lowest BCUT2D eigenvalue weighted by Gasteiger charge is -2.54. The first kappa shape index (κ1) is 25.6. The number of nitrogens with zero attached hydrogens (tertiary/aromatic N) is 1. The van der Waals surface area contributed by atoms with E-state index in [-0.39, 0.29) is 53.8 Å². The van der Waals surface area contributed by atoms with Gasteiger partial charge in [0.1, 0.15) is 11.5 Å². The lowest BCUT2D eigenvalue weighted by atomic mass is 9.54. The number of amides is 2. The smallest absolute Gasteiger partial charge is 0.291 e. The number of aromatic nitrogens is 1. The maximum absolute atomic E-state index is 13.3. The van der Waals surface area contributed by atoms with Crippen LogP contribution in [-0.2, 0) is 4.79 Å². The number of thioether (sulfide) groups is 1. The van der Waals surface area contributed by atoms with Gasteiger partial charge in [-0.1, -0.05) is 13.8 Å². The molecule has 0 atom stereocenters. The lowest BCUT2D eigenvalue weighted by Crippen LogP contribution is -2.55. The summed E-state index contributed by atoms with van der Waals surface area (Å²) in [5.74, 6) is 2.81. The van der Waals surface area contributed by atoms with E-state index in [1.54, 1.807) is 0 Å². The summed E-state index contributed by atoms with van der Waals surface area (Å²) in [6, 6.07) is 0.226. The average molecular weight is 513 g/mol. The summed E-state index contributed by atoms with van der Waals surface area (Å²) < 4.78 is 11.6. The standard InChI is InChI=1S/C24H36N4O4S.ClH/c1-13(2)33-20-19(21(29)27-18-16-8-14-7-15(10-16)11-17(18)9-14)32-28-22(20)31-12-24(23(25)30)3-5-26-6-4-24;/h13-18,26H,3-12H2,1-2H3,(H2,25,30)(H,27,29);1H. The van der Waals surface area contributed by atoms with Crippen LogP contribution in [0.2, 0.25) is 0 Å².